The van der Waals surface area contributed by atoms with Crippen molar-refractivity contribution in [3.63, 3.8) is 0 Å². The molecule has 2 heteroatoms. The third-order valence-corrected chi connectivity index (χ3v) is 1.61. The smallest absolute Gasteiger partial charge is 0.0942 e. The molecule has 9 heavy (non-hydrogen) atoms. The summed E-state index contributed by atoms with van der Waals surface area (Å²) >= 11 is 0. The van der Waals surface area contributed by atoms with E-state index in [4.69, 9.17) is 9.47 Å². The summed E-state index contributed by atoms with van der Waals surface area (Å²) in [7, 11) is 3.42. The van der Waals surface area contributed by atoms with Crippen LogP contribution in [0.15, 0.2) is 11.8 Å². The van der Waals surface area contributed by atoms with E-state index >= 15 is 0 Å². The van der Waals surface area contributed by atoms with Gasteiger partial charge in [-0.05, 0) is 12.5 Å². The zero-order valence-electron chi connectivity index (χ0n) is 5.89. The first-order chi connectivity index (χ1) is 4.36. The van der Waals surface area contributed by atoms with Crippen LogP contribution in [-0.2, 0) is 9.47 Å². The van der Waals surface area contributed by atoms with E-state index in [0.717, 1.165) is 18.6 Å². The van der Waals surface area contributed by atoms with Gasteiger partial charge in [-0.15, -0.1) is 0 Å². The third-order valence-electron chi connectivity index (χ3n) is 1.61. The van der Waals surface area contributed by atoms with Gasteiger partial charge in [0, 0.05) is 13.5 Å². The van der Waals surface area contributed by atoms with E-state index in [1.807, 2.05) is 6.08 Å². The van der Waals surface area contributed by atoms with E-state index in [1.54, 1.807) is 14.2 Å². The molecule has 52 valence electrons. The lowest BCUT2D eigenvalue weighted by Gasteiger charge is -1.99. The first-order valence-electron chi connectivity index (χ1n) is 3.14. The Morgan fingerprint density at radius 2 is 2.33 bits per heavy atom. The minimum absolute atomic E-state index is 0.292. The first-order valence-corrected chi connectivity index (χ1v) is 3.14. The second kappa shape index (κ2) is 2.87. The maximum atomic E-state index is 5.09. The quantitative estimate of drug-likeness (QED) is 0.558. The van der Waals surface area contributed by atoms with Crippen LogP contribution in [0.3, 0.4) is 0 Å². The topological polar surface area (TPSA) is 18.5 Å². The highest BCUT2D eigenvalue weighted by Crippen LogP contribution is 2.20. The molecule has 0 N–H and O–H groups in total. The number of hydrogen-bond acceptors (Lipinski definition) is 2. The van der Waals surface area contributed by atoms with Crippen LogP contribution in [0.2, 0.25) is 0 Å². The van der Waals surface area contributed by atoms with Gasteiger partial charge in [-0.3, -0.25) is 0 Å². The molecular weight excluding hydrogens is 116 g/mol. The van der Waals surface area contributed by atoms with E-state index in [2.05, 4.69) is 0 Å². The lowest BCUT2D eigenvalue weighted by molar-refractivity contribution is 0.141. The van der Waals surface area contributed by atoms with Crippen LogP contribution in [0.1, 0.15) is 12.8 Å². The normalized spacial score (nSPS) is 26.0. The maximum absolute atomic E-state index is 5.09. The number of ether oxygens (including phenoxy) is 2. The fourth-order valence-corrected chi connectivity index (χ4v) is 1.01. The van der Waals surface area contributed by atoms with Crippen LogP contribution in [0.5, 0.6) is 0 Å². The van der Waals surface area contributed by atoms with Crippen molar-refractivity contribution in [1.29, 1.82) is 0 Å². The molecule has 1 unspecified atom stereocenters. The molecule has 0 amide bonds. The molecule has 0 aliphatic heterocycles. The summed E-state index contributed by atoms with van der Waals surface area (Å²) in [5, 5.41) is 0. The molecule has 1 aliphatic carbocycles. The average molecular weight is 128 g/mol. The van der Waals surface area contributed by atoms with Gasteiger partial charge in [-0.1, -0.05) is 0 Å². The van der Waals surface area contributed by atoms with E-state index in [9.17, 15) is 0 Å². The van der Waals surface area contributed by atoms with E-state index in [-0.39, 0.29) is 0 Å². The fourth-order valence-electron chi connectivity index (χ4n) is 1.01. The minimum Gasteiger partial charge on any atom is -0.501 e. The van der Waals surface area contributed by atoms with Crippen LogP contribution >= 0.6 is 0 Å². The van der Waals surface area contributed by atoms with Gasteiger partial charge in [-0.25, -0.2) is 0 Å². The molecule has 0 saturated carbocycles. The summed E-state index contributed by atoms with van der Waals surface area (Å²) in [6, 6.07) is 0. The molecule has 0 aromatic carbocycles. The highest BCUT2D eigenvalue weighted by Gasteiger charge is 2.14. The average Bonchev–Trinajstić information content (AvgIpc) is 2.34. The van der Waals surface area contributed by atoms with Crippen molar-refractivity contribution in [2.45, 2.75) is 18.9 Å². The second-order valence-corrected chi connectivity index (χ2v) is 2.15. The van der Waals surface area contributed by atoms with Gasteiger partial charge in [0.05, 0.1) is 19.0 Å². The Morgan fingerprint density at radius 3 is 2.67 bits per heavy atom. The predicted octanol–water partition coefficient (Wildman–Crippen LogP) is 1.33. The first kappa shape index (κ1) is 6.62. The van der Waals surface area contributed by atoms with Gasteiger partial charge in [0.15, 0.2) is 0 Å². The molecule has 0 aromatic heterocycles. The lowest BCUT2D eigenvalue weighted by atomic mass is 10.3. The zero-order valence-corrected chi connectivity index (χ0v) is 5.89. The number of allylic oxidation sites excluding steroid dienone is 1. The standard InChI is InChI=1S/C7H12O2/c1-8-6-3-4-7(5-6)9-2/h5-6H,3-4H2,1-2H3. The van der Waals surface area contributed by atoms with Gasteiger partial charge < -0.3 is 9.47 Å². The Labute approximate surface area is 55.5 Å². The van der Waals surface area contributed by atoms with Crippen molar-refractivity contribution < 1.29 is 9.47 Å². The summed E-state index contributed by atoms with van der Waals surface area (Å²) in [5.41, 5.74) is 0. The Morgan fingerprint density at radius 1 is 1.56 bits per heavy atom. The van der Waals surface area contributed by atoms with Crippen LogP contribution < -0.4 is 0 Å². The maximum Gasteiger partial charge on any atom is 0.0942 e. The van der Waals surface area contributed by atoms with E-state index in [1.165, 1.54) is 0 Å². The van der Waals surface area contributed by atoms with Gasteiger partial charge in [0.2, 0.25) is 0 Å². The van der Waals surface area contributed by atoms with Crippen molar-refractivity contribution >= 4 is 0 Å². The van der Waals surface area contributed by atoms with Crippen molar-refractivity contribution in [1.82, 2.24) is 0 Å². The van der Waals surface area contributed by atoms with E-state index in [0.29, 0.717) is 6.10 Å². The number of rotatable bonds is 2. The van der Waals surface area contributed by atoms with Crippen LogP contribution in [0.4, 0.5) is 0 Å². The molecule has 0 saturated heterocycles. The number of methoxy groups -OCH3 is 2. The molecular formula is C7H12O2. The van der Waals surface area contributed by atoms with Gasteiger partial charge in [0.25, 0.3) is 0 Å². The van der Waals surface area contributed by atoms with Crippen molar-refractivity contribution in [3.05, 3.63) is 11.8 Å². The molecule has 1 rings (SSSR count). The molecule has 1 atom stereocenters. The summed E-state index contributed by atoms with van der Waals surface area (Å²) in [4.78, 5) is 0. The SMILES string of the molecule is COC1=CC(OC)CC1. The molecule has 1 aliphatic rings. The van der Waals surface area contributed by atoms with Crippen LogP contribution in [0, 0.1) is 0 Å². The molecule has 0 bridgehead atoms. The van der Waals surface area contributed by atoms with Crippen molar-refractivity contribution in [3.8, 4) is 0 Å². The Balaban J connectivity index is 2.40. The number of hydrogen-bond donors (Lipinski definition) is 0. The molecule has 2 nitrogen and oxygen atoms in total. The minimum atomic E-state index is 0.292. The molecule has 0 heterocycles. The van der Waals surface area contributed by atoms with Gasteiger partial charge in [0.1, 0.15) is 0 Å². The summed E-state index contributed by atoms with van der Waals surface area (Å²) < 4.78 is 10.1. The summed E-state index contributed by atoms with van der Waals surface area (Å²) in [6.07, 6.45) is 4.41. The molecule has 0 spiro atoms. The van der Waals surface area contributed by atoms with E-state index < -0.39 is 0 Å². The third kappa shape index (κ3) is 1.45. The van der Waals surface area contributed by atoms with Crippen LogP contribution in [0.25, 0.3) is 0 Å². The predicted molar refractivity (Wildman–Crippen MR) is 35.1 cm³/mol. The molecule has 0 fully saturated rings. The monoisotopic (exact) mass is 128 g/mol. The van der Waals surface area contributed by atoms with Crippen molar-refractivity contribution in [2.24, 2.45) is 0 Å². The van der Waals surface area contributed by atoms with Crippen LogP contribution in [-0.4, -0.2) is 20.3 Å². The lowest BCUT2D eigenvalue weighted by Crippen LogP contribution is -2.00. The highest BCUT2D eigenvalue weighted by molar-refractivity contribution is 5.05. The highest BCUT2D eigenvalue weighted by atomic mass is 16.5. The van der Waals surface area contributed by atoms with Gasteiger partial charge in [-0.2, -0.15) is 0 Å². The Kier molecular flexibility index (Phi) is 2.11. The summed E-state index contributed by atoms with van der Waals surface area (Å²) in [6.45, 7) is 0. The van der Waals surface area contributed by atoms with Gasteiger partial charge >= 0.3 is 0 Å². The largest absolute Gasteiger partial charge is 0.501 e. The Bertz CT molecular complexity index is 118. The van der Waals surface area contributed by atoms with Crippen molar-refractivity contribution in [2.75, 3.05) is 14.2 Å². The second-order valence-electron chi connectivity index (χ2n) is 2.15. The fraction of sp³-hybridized carbons (Fsp3) is 0.714. The molecule has 0 aromatic rings. The zero-order chi connectivity index (χ0) is 6.69. The Hall–Kier alpha value is -0.500. The molecule has 0 radical (unpaired) electrons. The summed E-state index contributed by atoms with van der Waals surface area (Å²) in [5.74, 6) is 1.06.